The summed E-state index contributed by atoms with van der Waals surface area (Å²) >= 11 is 12.0. The standard InChI is InChI=1S/C19H17Cl2N3O3S/c20-14-7-4-8-15(21)18(14)28(26,27)23-19(25)24-17(13-5-2-1-3-6-13)11-16(22-24)12-9-10-12/h1-8,12,17H,9-11H2,(H,23,25). The van der Waals surface area contributed by atoms with Crippen LogP contribution in [0.25, 0.3) is 0 Å². The molecule has 9 heteroatoms. The van der Waals surface area contributed by atoms with Crippen molar-refractivity contribution >= 4 is 45.0 Å². The Morgan fingerprint density at radius 1 is 1.04 bits per heavy atom. The minimum atomic E-state index is -4.26. The monoisotopic (exact) mass is 437 g/mol. The Labute approximate surface area is 173 Å². The number of hydrazone groups is 1. The maximum Gasteiger partial charge on any atom is 0.352 e. The van der Waals surface area contributed by atoms with Gasteiger partial charge in [0.2, 0.25) is 0 Å². The lowest BCUT2D eigenvalue weighted by molar-refractivity contribution is 0.192. The number of rotatable bonds is 4. The first-order chi connectivity index (χ1) is 13.4. The maximum atomic E-state index is 12.9. The summed E-state index contributed by atoms with van der Waals surface area (Å²) in [6.07, 6.45) is 2.68. The van der Waals surface area contributed by atoms with E-state index >= 15 is 0 Å². The zero-order valence-corrected chi connectivity index (χ0v) is 17.0. The second-order valence-electron chi connectivity index (χ2n) is 6.80. The molecular weight excluding hydrogens is 421 g/mol. The van der Waals surface area contributed by atoms with Crippen LogP contribution in [0.4, 0.5) is 4.79 Å². The lowest BCUT2D eigenvalue weighted by atomic mass is 10.0. The molecule has 1 heterocycles. The zero-order valence-electron chi connectivity index (χ0n) is 14.7. The van der Waals surface area contributed by atoms with Gasteiger partial charge in [-0.25, -0.2) is 22.9 Å². The van der Waals surface area contributed by atoms with E-state index in [0.717, 1.165) is 24.1 Å². The van der Waals surface area contributed by atoms with Crippen molar-refractivity contribution in [3.8, 4) is 0 Å². The van der Waals surface area contributed by atoms with Crippen molar-refractivity contribution in [3.05, 3.63) is 64.1 Å². The zero-order chi connectivity index (χ0) is 19.9. The number of halogens is 2. The van der Waals surface area contributed by atoms with Crippen LogP contribution < -0.4 is 4.72 Å². The summed E-state index contributed by atoms with van der Waals surface area (Å²) in [5.41, 5.74) is 1.82. The number of nitrogens with one attached hydrogen (secondary N) is 1. The summed E-state index contributed by atoms with van der Waals surface area (Å²) in [4.78, 5) is 12.5. The number of amides is 2. The molecule has 0 spiro atoms. The van der Waals surface area contributed by atoms with Crippen LogP contribution in [0.1, 0.15) is 30.9 Å². The Bertz CT molecular complexity index is 1030. The normalized spacial score (nSPS) is 19.4. The number of nitrogens with zero attached hydrogens (tertiary/aromatic N) is 2. The van der Waals surface area contributed by atoms with Gasteiger partial charge in [-0.1, -0.05) is 59.6 Å². The van der Waals surface area contributed by atoms with Crippen LogP contribution >= 0.6 is 23.2 Å². The highest BCUT2D eigenvalue weighted by atomic mass is 35.5. The number of urea groups is 1. The highest BCUT2D eigenvalue weighted by Gasteiger charge is 2.40. The molecule has 2 aromatic rings. The average Bonchev–Trinajstić information content (AvgIpc) is 3.40. The van der Waals surface area contributed by atoms with E-state index in [9.17, 15) is 13.2 Å². The second kappa shape index (κ2) is 7.39. The number of sulfonamides is 1. The summed E-state index contributed by atoms with van der Waals surface area (Å²) in [5.74, 6) is 0.374. The summed E-state index contributed by atoms with van der Waals surface area (Å²) < 4.78 is 27.5. The van der Waals surface area contributed by atoms with E-state index in [0.29, 0.717) is 12.3 Å². The van der Waals surface area contributed by atoms with Crippen LogP contribution in [0.15, 0.2) is 58.5 Å². The summed E-state index contributed by atoms with van der Waals surface area (Å²) in [5, 5.41) is 5.53. The molecule has 1 unspecified atom stereocenters. The fourth-order valence-corrected chi connectivity index (χ4v) is 5.35. The first-order valence-electron chi connectivity index (χ1n) is 8.79. The van der Waals surface area contributed by atoms with Crippen LogP contribution in [0.2, 0.25) is 10.0 Å². The summed E-state index contributed by atoms with van der Waals surface area (Å²) in [6.45, 7) is 0. The van der Waals surface area contributed by atoms with Crippen LogP contribution in [0.3, 0.4) is 0 Å². The molecule has 2 amide bonds. The average molecular weight is 438 g/mol. The molecule has 28 heavy (non-hydrogen) atoms. The van der Waals surface area contributed by atoms with Crippen molar-refractivity contribution < 1.29 is 13.2 Å². The molecular formula is C19H17Cl2N3O3S. The SMILES string of the molecule is O=C(NS(=O)(=O)c1c(Cl)cccc1Cl)N1N=C(C2CC2)CC1c1ccccc1. The minimum absolute atomic E-state index is 0.0593. The van der Waals surface area contributed by atoms with Gasteiger partial charge in [0.25, 0.3) is 10.0 Å². The van der Waals surface area contributed by atoms with E-state index in [1.54, 1.807) is 0 Å². The van der Waals surface area contributed by atoms with Crippen LogP contribution in [0.5, 0.6) is 0 Å². The van der Waals surface area contributed by atoms with Gasteiger partial charge in [-0.2, -0.15) is 5.10 Å². The molecule has 4 rings (SSSR count). The number of carbonyl (C=O) groups excluding carboxylic acids is 1. The Hall–Kier alpha value is -2.09. The summed E-state index contributed by atoms with van der Waals surface area (Å²) in [6, 6.07) is 12.6. The smallest absolute Gasteiger partial charge is 0.245 e. The Balaban J connectivity index is 1.63. The third-order valence-electron chi connectivity index (χ3n) is 4.78. The predicted octanol–water partition coefficient (Wildman–Crippen LogP) is 4.60. The fourth-order valence-electron chi connectivity index (χ4n) is 3.27. The largest absolute Gasteiger partial charge is 0.352 e. The number of hydrogen-bond acceptors (Lipinski definition) is 4. The molecule has 1 aliphatic carbocycles. The van der Waals surface area contributed by atoms with Crippen LogP contribution in [0, 0.1) is 5.92 Å². The molecule has 1 fully saturated rings. The Morgan fingerprint density at radius 3 is 2.29 bits per heavy atom. The molecule has 1 atom stereocenters. The number of benzene rings is 2. The molecule has 2 aromatic carbocycles. The van der Waals surface area contributed by atoms with Crippen molar-refractivity contribution in [2.24, 2.45) is 11.0 Å². The molecule has 1 N–H and O–H groups in total. The lowest BCUT2D eigenvalue weighted by Crippen LogP contribution is -2.40. The van der Waals surface area contributed by atoms with Crippen LogP contribution in [-0.2, 0) is 10.0 Å². The van der Waals surface area contributed by atoms with Crippen molar-refractivity contribution in [3.63, 3.8) is 0 Å². The van der Waals surface area contributed by atoms with E-state index in [1.165, 1.54) is 23.2 Å². The van der Waals surface area contributed by atoms with Crippen LogP contribution in [-0.4, -0.2) is 25.2 Å². The van der Waals surface area contributed by atoms with Gasteiger partial charge in [-0.05, 0) is 36.5 Å². The molecule has 6 nitrogen and oxygen atoms in total. The van der Waals surface area contributed by atoms with Crippen molar-refractivity contribution in [2.45, 2.75) is 30.2 Å². The molecule has 0 aromatic heterocycles. The molecule has 1 aliphatic heterocycles. The third-order valence-corrected chi connectivity index (χ3v) is 7.06. The Kier molecular flexibility index (Phi) is 5.07. The van der Waals surface area contributed by atoms with Crippen molar-refractivity contribution in [1.29, 1.82) is 0 Å². The van der Waals surface area contributed by atoms with Gasteiger partial charge in [0.15, 0.2) is 0 Å². The molecule has 146 valence electrons. The van der Waals surface area contributed by atoms with E-state index < -0.39 is 16.1 Å². The van der Waals surface area contributed by atoms with E-state index in [4.69, 9.17) is 23.2 Å². The first-order valence-corrected chi connectivity index (χ1v) is 11.0. The van der Waals surface area contributed by atoms with Crippen molar-refractivity contribution in [1.82, 2.24) is 9.73 Å². The molecule has 2 aliphatic rings. The number of hydrogen-bond donors (Lipinski definition) is 1. The van der Waals surface area contributed by atoms with Gasteiger partial charge >= 0.3 is 6.03 Å². The van der Waals surface area contributed by atoms with Gasteiger partial charge in [-0.3, -0.25) is 0 Å². The summed E-state index contributed by atoms with van der Waals surface area (Å²) in [7, 11) is -4.26. The lowest BCUT2D eigenvalue weighted by Gasteiger charge is -2.22. The van der Waals surface area contributed by atoms with Gasteiger partial charge in [0.05, 0.1) is 16.1 Å². The molecule has 0 saturated heterocycles. The van der Waals surface area contributed by atoms with Gasteiger partial charge in [0.1, 0.15) is 4.90 Å². The molecule has 0 radical (unpaired) electrons. The topological polar surface area (TPSA) is 78.8 Å². The predicted molar refractivity (Wildman–Crippen MR) is 108 cm³/mol. The first kappa shape index (κ1) is 19.2. The van der Waals surface area contributed by atoms with Gasteiger partial charge < -0.3 is 0 Å². The second-order valence-corrected chi connectivity index (χ2v) is 9.24. The number of carbonyl (C=O) groups is 1. The highest BCUT2D eigenvalue weighted by Crippen LogP contribution is 2.40. The van der Waals surface area contributed by atoms with Gasteiger partial charge in [0, 0.05) is 12.1 Å². The minimum Gasteiger partial charge on any atom is -0.245 e. The van der Waals surface area contributed by atoms with E-state index in [-0.39, 0.29) is 21.0 Å². The van der Waals surface area contributed by atoms with E-state index in [2.05, 4.69) is 9.82 Å². The Morgan fingerprint density at radius 2 is 1.68 bits per heavy atom. The third kappa shape index (κ3) is 3.74. The molecule has 0 bridgehead atoms. The van der Waals surface area contributed by atoms with Crippen molar-refractivity contribution in [2.75, 3.05) is 0 Å². The fraction of sp³-hybridized carbons (Fsp3) is 0.263. The molecule has 1 saturated carbocycles. The maximum absolute atomic E-state index is 12.9. The highest BCUT2D eigenvalue weighted by molar-refractivity contribution is 7.90. The quantitative estimate of drug-likeness (QED) is 0.758. The van der Waals surface area contributed by atoms with E-state index in [1.807, 2.05) is 30.3 Å². The van der Waals surface area contributed by atoms with Gasteiger partial charge in [-0.15, -0.1) is 0 Å².